The summed E-state index contributed by atoms with van der Waals surface area (Å²) in [4.78, 5) is 7.29. The van der Waals surface area contributed by atoms with Gasteiger partial charge in [-0.05, 0) is 197 Å². The molecule has 0 amide bonds. The second-order valence-corrected chi connectivity index (χ2v) is 34.5. The zero-order chi connectivity index (χ0) is 60.5. The van der Waals surface area contributed by atoms with Gasteiger partial charge in [0, 0.05) is 40.2 Å². The number of hydrogen-bond acceptors (Lipinski definition) is 18. The molecular formula is C50H77Br2F2N3O16P4S2. The van der Waals surface area contributed by atoms with Crippen molar-refractivity contribution >= 4 is 82.3 Å². The molecule has 0 aliphatic heterocycles. The molecular weight excluding hydrogens is 1280 g/mol. The van der Waals surface area contributed by atoms with E-state index in [0.29, 0.717) is 15.6 Å². The summed E-state index contributed by atoms with van der Waals surface area (Å²) in [7, 11) is -26.7. The van der Waals surface area contributed by atoms with E-state index in [0.717, 1.165) is 28.7 Å². The highest BCUT2D eigenvalue weighted by Crippen LogP contribution is 2.80. The smallest absolute Gasteiger partial charge is 0.305 e. The molecule has 2 heterocycles. The first-order valence-electron chi connectivity index (χ1n) is 25.1. The van der Waals surface area contributed by atoms with Crippen LogP contribution in [0.1, 0.15) is 122 Å². The highest BCUT2D eigenvalue weighted by atomic mass is 79.9. The number of sulfonamides is 2. The summed E-state index contributed by atoms with van der Waals surface area (Å²) in [5, 5.41) is -4.24. The Morgan fingerprint density at radius 1 is 0.481 bits per heavy atom. The number of pyridine rings is 2. The minimum Gasteiger partial charge on any atom is -0.305 e. The summed E-state index contributed by atoms with van der Waals surface area (Å²) in [6.07, 6.45) is 1.36. The molecule has 0 N–H and O–H groups in total. The highest BCUT2D eigenvalue weighted by molar-refractivity contribution is 9.10. The van der Waals surface area contributed by atoms with Crippen LogP contribution in [0.25, 0.3) is 0 Å². The Kier molecular flexibility index (Phi) is 29.4. The van der Waals surface area contributed by atoms with Crippen LogP contribution in [-0.2, 0) is 87.3 Å². The lowest BCUT2D eigenvalue weighted by atomic mass is 10.2. The molecule has 0 saturated carbocycles. The van der Waals surface area contributed by atoms with E-state index in [4.69, 9.17) is 36.2 Å². The fraction of sp³-hybridized carbons (Fsp3) is 0.560. The maximum atomic E-state index is 17.1. The Hall–Kier alpha value is -1.98. The predicted molar refractivity (Wildman–Crippen MR) is 309 cm³/mol. The van der Waals surface area contributed by atoms with Gasteiger partial charge in [-0.25, -0.2) is 21.2 Å². The molecule has 0 spiro atoms. The summed E-state index contributed by atoms with van der Waals surface area (Å²) in [5.41, 5.74) is 1.04. The van der Waals surface area contributed by atoms with Crippen LogP contribution in [0.4, 0.5) is 8.87 Å². The van der Waals surface area contributed by atoms with E-state index in [-0.39, 0.29) is 6.42 Å². The Morgan fingerprint density at radius 2 is 0.759 bits per heavy atom. The summed E-state index contributed by atoms with van der Waals surface area (Å²) in [5.74, 6) is 0. The normalized spacial score (nSPS) is 13.3. The van der Waals surface area contributed by atoms with Gasteiger partial charge in [-0.15, -0.1) is 4.48 Å². The number of aromatic nitrogens is 2. The number of benzene rings is 2. The summed E-state index contributed by atoms with van der Waals surface area (Å²) in [6, 6.07) is 16.4. The van der Waals surface area contributed by atoms with Gasteiger partial charge in [0.2, 0.25) is 0 Å². The molecule has 0 aliphatic rings. The van der Waals surface area contributed by atoms with Gasteiger partial charge < -0.3 is 36.2 Å². The quantitative estimate of drug-likeness (QED) is 0.0379. The van der Waals surface area contributed by atoms with E-state index in [9.17, 15) is 39.6 Å². The minimum atomic E-state index is -4.77. The number of nitrogens with zero attached hydrogens (tertiary/aromatic N) is 3. The third kappa shape index (κ3) is 22.2. The van der Waals surface area contributed by atoms with Gasteiger partial charge >= 0.3 is 35.5 Å². The van der Waals surface area contributed by atoms with E-state index in [1.807, 2.05) is 6.07 Å². The van der Waals surface area contributed by atoms with Crippen molar-refractivity contribution in [2.75, 3.05) is 0 Å². The molecule has 0 unspecified atom stereocenters. The lowest BCUT2D eigenvalue weighted by molar-refractivity contribution is 0.0806. The Morgan fingerprint density at radius 3 is 1.04 bits per heavy atom. The average molecular weight is 1360 g/mol. The van der Waals surface area contributed by atoms with Crippen molar-refractivity contribution in [2.45, 2.75) is 193 Å². The Bertz CT molecular complexity index is 2750. The molecule has 0 saturated heterocycles. The molecule has 2 aromatic heterocycles. The molecule has 448 valence electrons. The predicted octanol–water partition coefficient (Wildman–Crippen LogP) is 15.8. The van der Waals surface area contributed by atoms with Crippen molar-refractivity contribution in [1.29, 1.82) is 0 Å². The van der Waals surface area contributed by atoms with Gasteiger partial charge in [0.1, 0.15) is 0 Å². The van der Waals surface area contributed by atoms with Crippen LogP contribution < -0.4 is 0 Å². The van der Waals surface area contributed by atoms with Crippen LogP contribution in [0.3, 0.4) is 0 Å². The molecule has 0 atom stereocenters. The van der Waals surface area contributed by atoms with E-state index < -0.39 is 130 Å². The Balaban J connectivity index is 0.000000413. The maximum absolute atomic E-state index is 17.1. The lowest BCUT2D eigenvalue weighted by Crippen LogP contribution is -2.34. The van der Waals surface area contributed by atoms with Gasteiger partial charge in [0.05, 0.1) is 62.6 Å². The van der Waals surface area contributed by atoms with Crippen molar-refractivity contribution in [2.24, 2.45) is 0 Å². The standard InChI is InChI=1S/C19H33BrFNO6P2.C19H34BrNO6P2.C12H10FNO4S2/c1-13(2)25-29(23,26-14(3)4)19(21,10-17-9-18(20)12-22-11-17)30(24,27-15(5)6)28-16(7)8;1-13(2)24-28(22,25-14(3)4)19(10-17-9-18(20)12-21-11-17)29(23,26-15(5)6)27-16(7)8;13-14(19(15,16)11-7-3-1-4-8-11)20(17,18)12-9-5-2-6-10-12/h9,11-16H,10H2,1-8H3;9,11-16,19H,10H2,1-8H3;1-10H. The molecule has 0 radical (unpaired) electrons. The number of halogens is 4. The van der Waals surface area contributed by atoms with Gasteiger partial charge in [0.15, 0.2) is 5.40 Å². The lowest BCUT2D eigenvalue weighted by Gasteiger charge is -2.39. The highest BCUT2D eigenvalue weighted by Gasteiger charge is 2.68. The molecule has 2 aromatic carbocycles. The van der Waals surface area contributed by atoms with Gasteiger partial charge in [-0.1, -0.05) is 36.4 Å². The monoisotopic (exact) mass is 1360 g/mol. The van der Waals surface area contributed by atoms with Crippen molar-refractivity contribution in [1.82, 2.24) is 13.9 Å². The number of alkyl halides is 1. The average Bonchev–Trinajstić information content (AvgIpc) is 3.29. The fourth-order valence-corrected chi connectivity index (χ4v) is 21.9. The van der Waals surface area contributed by atoms with E-state index in [1.165, 1.54) is 48.8 Å². The molecule has 29 heteroatoms. The van der Waals surface area contributed by atoms with Crippen LogP contribution in [0.2, 0.25) is 0 Å². The SMILES string of the molecule is CC(C)OP(=O)(OC(C)C)C(Cc1cncc(Br)c1)P(=O)(OC(C)C)OC(C)C.CC(C)OP(=O)(OC(C)C)C(F)(Cc1cncc(Br)c1)P(=O)(OC(C)C)OC(C)C.O=S(=O)(c1ccccc1)N(F)S(=O)(=O)c1ccccc1. The summed E-state index contributed by atoms with van der Waals surface area (Å²) < 4.78 is 180. The van der Waals surface area contributed by atoms with Crippen molar-refractivity contribution in [3.63, 3.8) is 0 Å². The number of rotatable bonds is 28. The third-order valence-electron chi connectivity index (χ3n) is 9.23. The van der Waals surface area contributed by atoms with E-state index in [2.05, 4.69) is 41.8 Å². The molecule has 0 bridgehead atoms. The third-order valence-corrected chi connectivity index (χ3v) is 26.4. The molecule has 0 fully saturated rings. The fourth-order valence-electron chi connectivity index (χ4n) is 6.80. The van der Waals surface area contributed by atoms with Gasteiger partial charge in [0.25, 0.3) is 20.0 Å². The first kappa shape index (κ1) is 73.1. The van der Waals surface area contributed by atoms with Crippen LogP contribution in [0.5, 0.6) is 0 Å². The zero-order valence-electron chi connectivity index (χ0n) is 47.3. The molecule has 0 aliphatic carbocycles. The van der Waals surface area contributed by atoms with Crippen LogP contribution >= 0.6 is 62.2 Å². The van der Waals surface area contributed by atoms with E-state index in [1.54, 1.807) is 129 Å². The molecule has 4 aromatic rings. The molecule has 79 heavy (non-hydrogen) atoms. The topological polar surface area (TPSA) is 239 Å². The maximum Gasteiger partial charge on any atom is 0.381 e. The molecule has 4 rings (SSSR count). The largest absolute Gasteiger partial charge is 0.381 e. The number of hydrogen-bond donors (Lipinski definition) is 0. The second-order valence-electron chi connectivity index (χ2n) is 19.7. The summed E-state index contributed by atoms with van der Waals surface area (Å²) in [6.45, 7) is 26.8. The first-order chi connectivity index (χ1) is 36.3. The Labute approximate surface area is 483 Å². The zero-order valence-corrected chi connectivity index (χ0v) is 55.7. The second kappa shape index (κ2) is 31.8. The minimum absolute atomic E-state index is 0.0971. The molecule has 19 nitrogen and oxygen atoms in total. The van der Waals surface area contributed by atoms with Crippen LogP contribution in [-0.4, -0.2) is 90.1 Å². The van der Waals surface area contributed by atoms with Crippen molar-refractivity contribution in [3.8, 4) is 0 Å². The van der Waals surface area contributed by atoms with Crippen molar-refractivity contribution in [3.05, 3.63) is 118 Å². The van der Waals surface area contributed by atoms with Crippen molar-refractivity contribution < 1.29 is 80.2 Å². The van der Waals surface area contributed by atoms with Gasteiger partial charge in [-0.3, -0.25) is 28.2 Å². The summed E-state index contributed by atoms with van der Waals surface area (Å²) >= 11 is 6.67. The van der Waals surface area contributed by atoms with E-state index >= 15 is 4.39 Å². The van der Waals surface area contributed by atoms with Crippen LogP contribution in [0.15, 0.2) is 116 Å². The first-order valence-corrected chi connectivity index (χ1v) is 35.9. The van der Waals surface area contributed by atoms with Crippen LogP contribution in [0, 0.1) is 0 Å². The van der Waals surface area contributed by atoms with Gasteiger partial charge in [-0.2, -0.15) is 0 Å².